The topological polar surface area (TPSA) is 54.5 Å². The zero-order chi connectivity index (χ0) is 14.2. The summed E-state index contributed by atoms with van der Waals surface area (Å²) < 4.78 is 47.6. The van der Waals surface area contributed by atoms with Gasteiger partial charge in [0.05, 0.1) is 0 Å². The Balaban J connectivity index is 2.16. The minimum atomic E-state index is -4.72. The van der Waals surface area contributed by atoms with Gasteiger partial charge in [0.2, 0.25) is 5.91 Å². The minimum absolute atomic E-state index is 0.0917. The van der Waals surface area contributed by atoms with Crippen molar-refractivity contribution in [3.63, 3.8) is 0 Å². The molecule has 2 rings (SSSR count). The van der Waals surface area contributed by atoms with Crippen LogP contribution in [-0.4, -0.2) is 31.0 Å². The van der Waals surface area contributed by atoms with Crippen LogP contribution < -0.4 is 0 Å². The highest BCUT2D eigenvalue weighted by molar-refractivity contribution is 7.87. The van der Waals surface area contributed by atoms with Crippen LogP contribution in [0.2, 0.25) is 0 Å². The normalized spacial score (nSPS) is 20.1. The first-order chi connectivity index (χ1) is 8.77. The van der Waals surface area contributed by atoms with Crippen molar-refractivity contribution in [2.45, 2.75) is 25.1 Å². The zero-order valence-electron chi connectivity index (χ0n) is 10.3. The summed E-state index contributed by atoms with van der Waals surface area (Å²) >= 11 is 0. The van der Waals surface area contributed by atoms with Gasteiger partial charge in [-0.25, -0.2) is 4.39 Å². The minimum Gasteiger partial charge on any atom is -0.337 e. The second-order valence-corrected chi connectivity index (χ2v) is 6.26. The largest absolute Gasteiger partial charge is 0.337 e. The first kappa shape index (κ1) is 13.9. The summed E-state index contributed by atoms with van der Waals surface area (Å²) in [7, 11) is -4.72. The number of hydrogen-bond acceptors (Lipinski definition) is 3. The molecule has 0 N–H and O–H groups in total. The summed E-state index contributed by atoms with van der Waals surface area (Å²) in [6.45, 7) is 1.67. The predicted octanol–water partition coefficient (Wildman–Crippen LogP) is 1.53. The molecule has 1 aromatic carbocycles. The summed E-state index contributed by atoms with van der Waals surface area (Å²) in [5.74, 6) is -0.864. The number of nitrogens with zero attached hydrogens (tertiary/aromatic N) is 1. The standard InChI is InChI=1S/C12H13F2NO3S/c1-8-2-3-10(13)4-9(8)6-15-7-11(5-12(15)16)19(14,17)18/h2-4,11H,5-7H2,1H3. The van der Waals surface area contributed by atoms with Crippen molar-refractivity contribution in [1.29, 1.82) is 0 Å². The van der Waals surface area contributed by atoms with Gasteiger partial charge in [-0.3, -0.25) is 4.79 Å². The lowest BCUT2D eigenvalue weighted by Crippen LogP contribution is -2.27. The van der Waals surface area contributed by atoms with Crippen LogP contribution in [-0.2, 0) is 21.6 Å². The van der Waals surface area contributed by atoms with E-state index in [1.165, 1.54) is 17.0 Å². The molecule has 0 spiro atoms. The molecule has 19 heavy (non-hydrogen) atoms. The fourth-order valence-corrected chi connectivity index (χ4v) is 2.79. The highest BCUT2D eigenvalue weighted by Crippen LogP contribution is 2.22. The molecule has 1 aliphatic heterocycles. The number of aryl methyl sites for hydroxylation is 1. The Labute approximate surface area is 110 Å². The molecule has 1 heterocycles. The number of benzene rings is 1. The number of carbonyl (C=O) groups excluding carboxylic acids is 1. The van der Waals surface area contributed by atoms with Gasteiger partial charge >= 0.3 is 10.2 Å². The number of carbonyl (C=O) groups is 1. The average Bonchev–Trinajstić information content (AvgIpc) is 2.65. The number of amides is 1. The number of likely N-dealkylation sites (tertiary alicyclic amines) is 1. The van der Waals surface area contributed by atoms with E-state index in [9.17, 15) is 21.5 Å². The Morgan fingerprint density at radius 3 is 2.68 bits per heavy atom. The Bertz CT molecular complexity index is 615. The molecule has 0 bridgehead atoms. The second-order valence-electron chi connectivity index (χ2n) is 4.65. The Morgan fingerprint density at radius 2 is 2.11 bits per heavy atom. The lowest BCUT2D eigenvalue weighted by Gasteiger charge is -2.17. The van der Waals surface area contributed by atoms with E-state index in [0.717, 1.165) is 5.56 Å². The summed E-state index contributed by atoms with van der Waals surface area (Å²) in [5, 5.41) is -1.31. The van der Waals surface area contributed by atoms with E-state index in [2.05, 4.69) is 0 Å². The van der Waals surface area contributed by atoms with Crippen LogP contribution in [0, 0.1) is 12.7 Å². The molecule has 0 aromatic heterocycles. The Morgan fingerprint density at radius 1 is 1.42 bits per heavy atom. The van der Waals surface area contributed by atoms with E-state index >= 15 is 0 Å². The molecule has 1 amide bonds. The summed E-state index contributed by atoms with van der Waals surface area (Å²) in [5.41, 5.74) is 1.38. The maximum atomic E-state index is 13.1. The third-order valence-corrected chi connectivity index (χ3v) is 4.36. The van der Waals surface area contributed by atoms with E-state index in [-0.39, 0.29) is 19.5 Å². The van der Waals surface area contributed by atoms with E-state index < -0.39 is 27.2 Å². The van der Waals surface area contributed by atoms with Crippen LogP contribution >= 0.6 is 0 Å². The number of rotatable bonds is 3. The van der Waals surface area contributed by atoms with Gasteiger partial charge in [0, 0.05) is 19.5 Å². The van der Waals surface area contributed by atoms with Gasteiger partial charge in [-0.15, -0.1) is 3.89 Å². The Hall–Kier alpha value is -1.50. The van der Waals surface area contributed by atoms with Gasteiger partial charge in [-0.2, -0.15) is 8.42 Å². The maximum Gasteiger partial charge on any atom is 0.307 e. The van der Waals surface area contributed by atoms with Crippen LogP contribution in [0.5, 0.6) is 0 Å². The van der Waals surface area contributed by atoms with Crippen molar-refractivity contribution < 1.29 is 21.5 Å². The van der Waals surface area contributed by atoms with E-state index in [1.807, 2.05) is 0 Å². The van der Waals surface area contributed by atoms with Crippen molar-refractivity contribution in [3.8, 4) is 0 Å². The number of halogens is 2. The molecule has 1 saturated heterocycles. The van der Waals surface area contributed by atoms with Crippen molar-refractivity contribution in [2.75, 3.05) is 6.54 Å². The van der Waals surface area contributed by atoms with Gasteiger partial charge < -0.3 is 4.90 Å². The summed E-state index contributed by atoms with van der Waals surface area (Å²) in [6.07, 6.45) is -0.354. The van der Waals surface area contributed by atoms with Gasteiger partial charge in [0.1, 0.15) is 11.1 Å². The fourth-order valence-electron chi connectivity index (χ4n) is 2.09. The molecule has 1 aliphatic rings. The highest BCUT2D eigenvalue weighted by atomic mass is 32.3. The maximum absolute atomic E-state index is 13.1. The fraction of sp³-hybridized carbons (Fsp3) is 0.417. The molecule has 1 aromatic rings. The van der Waals surface area contributed by atoms with Crippen molar-refractivity contribution in [3.05, 3.63) is 35.1 Å². The third kappa shape index (κ3) is 3.09. The van der Waals surface area contributed by atoms with Crippen LogP contribution in [0.1, 0.15) is 17.5 Å². The average molecular weight is 289 g/mol. The van der Waals surface area contributed by atoms with E-state index in [4.69, 9.17) is 0 Å². The van der Waals surface area contributed by atoms with Gasteiger partial charge in [-0.05, 0) is 30.2 Å². The molecular formula is C12H13F2NO3S. The molecule has 0 aliphatic carbocycles. The lowest BCUT2D eigenvalue weighted by atomic mass is 10.1. The van der Waals surface area contributed by atoms with Crippen LogP contribution in [0.4, 0.5) is 8.28 Å². The predicted molar refractivity (Wildman–Crippen MR) is 65.0 cm³/mol. The smallest absolute Gasteiger partial charge is 0.307 e. The van der Waals surface area contributed by atoms with E-state index in [1.54, 1.807) is 13.0 Å². The molecule has 0 saturated carbocycles. The number of hydrogen-bond donors (Lipinski definition) is 0. The molecule has 7 heteroatoms. The molecule has 4 nitrogen and oxygen atoms in total. The zero-order valence-corrected chi connectivity index (χ0v) is 11.1. The lowest BCUT2D eigenvalue weighted by molar-refractivity contribution is -0.128. The first-order valence-corrected chi connectivity index (χ1v) is 7.18. The first-order valence-electron chi connectivity index (χ1n) is 5.73. The van der Waals surface area contributed by atoms with Crippen LogP contribution in [0.25, 0.3) is 0 Å². The monoisotopic (exact) mass is 289 g/mol. The SMILES string of the molecule is Cc1ccc(F)cc1CN1CC(S(=O)(=O)F)CC1=O. The van der Waals surface area contributed by atoms with Crippen molar-refractivity contribution in [1.82, 2.24) is 4.90 Å². The van der Waals surface area contributed by atoms with E-state index in [0.29, 0.717) is 5.56 Å². The van der Waals surface area contributed by atoms with Gasteiger partial charge in [-0.1, -0.05) is 6.07 Å². The van der Waals surface area contributed by atoms with Crippen LogP contribution in [0.15, 0.2) is 18.2 Å². The quantitative estimate of drug-likeness (QED) is 0.793. The second kappa shape index (κ2) is 4.88. The van der Waals surface area contributed by atoms with Crippen molar-refractivity contribution in [2.24, 2.45) is 0 Å². The molecule has 1 fully saturated rings. The van der Waals surface area contributed by atoms with Crippen LogP contribution in [0.3, 0.4) is 0 Å². The highest BCUT2D eigenvalue weighted by Gasteiger charge is 2.38. The van der Waals surface area contributed by atoms with Crippen molar-refractivity contribution >= 4 is 16.1 Å². The van der Waals surface area contributed by atoms with Gasteiger partial charge in [0.25, 0.3) is 0 Å². The molecule has 104 valence electrons. The molecule has 1 unspecified atom stereocenters. The summed E-state index contributed by atoms with van der Waals surface area (Å²) in [4.78, 5) is 12.9. The molecule has 1 atom stereocenters. The Kier molecular flexibility index (Phi) is 3.58. The van der Waals surface area contributed by atoms with Gasteiger partial charge in [0.15, 0.2) is 0 Å². The molecular weight excluding hydrogens is 276 g/mol. The molecule has 0 radical (unpaired) electrons. The summed E-state index contributed by atoms with van der Waals surface area (Å²) in [6, 6.07) is 4.17. The third-order valence-electron chi connectivity index (χ3n) is 3.25.